The van der Waals surface area contributed by atoms with Gasteiger partial charge in [0.05, 0.1) is 18.8 Å². The van der Waals surface area contributed by atoms with E-state index in [9.17, 15) is 0 Å². The fraction of sp³-hybridized carbons (Fsp3) is 1.00. The van der Waals surface area contributed by atoms with Gasteiger partial charge in [-0.05, 0) is 12.8 Å². The van der Waals surface area contributed by atoms with E-state index in [1.54, 1.807) is 0 Å². The summed E-state index contributed by atoms with van der Waals surface area (Å²) in [6.07, 6.45) is 1.35. The van der Waals surface area contributed by atoms with Crippen LogP contribution in [0, 0.1) is 0 Å². The summed E-state index contributed by atoms with van der Waals surface area (Å²) < 4.78 is 5.09. The molecule has 2 unspecified atom stereocenters. The highest BCUT2D eigenvalue weighted by molar-refractivity contribution is 4.73. The van der Waals surface area contributed by atoms with Crippen molar-refractivity contribution in [2.75, 3.05) is 13.2 Å². The van der Waals surface area contributed by atoms with Gasteiger partial charge in [-0.15, -0.1) is 0 Å². The van der Waals surface area contributed by atoms with E-state index < -0.39 is 0 Å². The molecule has 54 valence electrons. The summed E-state index contributed by atoms with van der Waals surface area (Å²) in [5.74, 6) is 0. The maximum absolute atomic E-state index is 9.15. The van der Waals surface area contributed by atoms with Crippen LogP contribution in [0.1, 0.15) is 12.8 Å². The van der Waals surface area contributed by atoms with Gasteiger partial charge in [-0.2, -0.15) is 0 Å². The van der Waals surface area contributed by atoms with Gasteiger partial charge in [-0.3, -0.25) is 0 Å². The third-order valence-electron chi connectivity index (χ3n) is 1.59. The molecule has 0 aromatic carbocycles. The number of ether oxygens (including phenoxy) is 1. The molecule has 0 aliphatic carbocycles. The molecule has 1 saturated heterocycles. The average Bonchev–Trinajstić information content (AvgIpc) is 1.99. The van der Waals surface area contributed by atoms with Crippen LogP contribution in [0.2, 0.25) is 0 Å². The van der Waals surface area contributed by atoms with E-state index in [1.807, 2.05) is 0 Å². The van der Waals surface area contributed by atoms with E-state index in [1.165, 1.54) is 0 Å². The van der Waals surface area contributed by atoms with Gasteiger partial charge in [0.2, 0.25) is 0 Å². The average molecular weight is 131 g/mol. The van der Waals surface area contributed by atoms with Crippen LogP contribution in [0.15, 0.2) is 0 Å². The first-order valence-electron chi connectivity index (χ1n) is 3.32. The topological polar surface area (TPSA) is 55.5 Å². The lowest BCUT2D eigenvalue weighted by atomic mass is 10.1. The molecule has 0 radical (unpaired) electrons. The van der Waals surface area contributed by atoms with Gasteiger partial charge in [0.1, 0.15) is 0 Å². The molecule has 9 heavy (non-hydrogen) atoms. The van der Waals surface area contributed by atoms with Gasteiger partial charge in [-0.1, -0.05) is 0 Å². The summed E-state index contributed by atoms with van der Waals surface area (Å²) in [6, 6.07) is -0.174. The maximum Gasteiger partial charge on any atom is 0.0714 e. The van der Waals surface area contributed by atoms with Crippen LogP contribution in [0.5, 0.6) is 0 Å². The van der Waals surface area contributed by atoms with E-state index in [0.717, 1.165) is 19.4 Å². The molecule has 1 aliphatic rings. The number of nitrogens with two attached hydrogens (primary N) is 1. The third kappa shape index (κ3) is 1.93. The van der Waals surface area contributed by atoms with Crippen LogP contribution in [-0.2, 0) is 4.74 Å². The van der Waals surface area contributed by atoms with E-state index in [2.05, 4.69) is 0 Å². The molecule has 3 N–H and O–H groups in total. The Bertz CT molecular complexity index is 77.1. The highest BCUT2D eigenvalue weighted by Crippen LogP contribution is 2.06. The fourth-order valence-corrected chi connectivity index (χ4v) is 0.939. The van der Waals surface area contributed by atoms with E-state index in [0.29, 0.717) is 6.61 Å². The van der Waals surface area contributed by atoms with Crippen LogP contribution in [0.3, 0.4) is 0 Å². The molecule has 0 aromatic rings. The number of hydrogen-bond donors (Lipinski definition) is 2. The van der Waals surface area contributed by atoms with Crippen molar-refractivity contribution in [3.8, 4) is 0 Å². The predicted octanol–water partition coefficient (Wildman–Crippen LogP) is -0.515. The van der Waals surface area contributed by atoms with Gasteiger partial charge in [-0.25, -0.2) is 0 Å². The highest BCUT2D eigenvalue weighted by Gasteiger charge is 2.17. The van der Waals surface area contributed by atoms with Crippen molar-refractivity contribution >= 4 is 0 Å². The summed E-state index contributed by atoms with van der Waals surface area (Å²) in [4.78, 5) is 0. The van der Waals surface area contributed by atoms with Crippen molar-refractivity contribution in [1.29, 1.82) is 0 Å². The van der Waals surface area contributed by atoms with Crippen LogP contribution in [-0.4, -0.2) is 30.5 Å². The summed E-state index contributed by atoms with van der Waals surface area (Å²) in [5.41, 5.74) is 5.50. The maximum atomic E-state index is 9.15. The predicted molar refractivity (Wildman–Crippen MR) is 34.0 cm³/mol. The van der Waals surface area contributed by atoms with E-state index >= 15 is 0 Å². The highest BCUT2D eigenvalue weighted by atomic mass is 16.5. The summed E-state index contributed by atoms with van der Waals surface area (Å²) >= 11 is 0. The fourth-order valence-electron chi connectivity index (χ4n) is 0.939. The minimum atomic E-state index is -0.354. The number of hydrogen-bond acceptors (Lipinski definition) is 3. The van der Waals surface area contributed by atoms with Gasteiger partial charge < -0.3 is 15.6 Å². The smallest absolute Gasteiger partial charge is 0.0714 e. The molecule has 2 atom stereocenters. The zero-order valence-electron chi connectivity index (χ0n) is 5.42. The second kappa shape index (κ2) is 3.15. The van der Waals surface area contributed by atoms with Crippen molar-refractivity contribution in [1.82, 2.24) is 0 Å². The summed E-state index contributed by atoms with van der Waals surface area (Å²) in [5, 5.41) is 9.15. The van der Waals surface area contributed by atoms with Gasteiger partial charge in [0.25, 0.3) is 0 Å². The first-order chi connectivity index (χ1) is 4.30. The molecule has 3 heteroatoms. The zero-order valence-corrected chi connectivity index (χ0v) is 5.42. The minimum absolute atomic E-state index is 0.174. The minimum Gasteiger partial charge on any atom is -0.391 e. The largest absolute Gasteiger partial charge is 0.391 e. The Hall–Kier alpha value is -0.120. The SMILES string of the molecule is NC1COCCCC1O. The van der Waals surface area contributed by atoms with Crippen LogP contribution < -0.4 is 5.73 Å². The molecule has 1 aliphatic heterocycles. The summed E-state index contributed by atoms with van der Waals surface area (Å²) in [6.45, 7) is 1.24. The quantitative estimate of drug-likeness (QED) is 0.465. The second-order valence-electron chi connectivity index (χ2n) is 2.45. The first-order valence-corrected chi connectivity index (χ1v) is 3.32. The lowest BCUT2D eigenvalue weighted by Gasteiger charge is -2.12. The van der Waals surface area contributed by atoms with Crippen molar-refractivity contribution in [3.63, 3.8) is 0 Å². The van der Waals surface area contributed by atoms with Gasteiger partial charge >= 0.3 is 0 Å². The Morgan fingerprint density at radius 3 is 3.11 bits per heavy atom. The van der Waals surface area contributed by atoms with Crippen LogP contribution in [0.25, 0.3) is 0 Å². The Kier molecular flexibility index (Phi) is 2.45. The Balaban J connectivity index is 2.32. The molecular formula is C6H13NO2. The van der Waals surface area contributed by atoms with Crippen LogP contribution >= 0.6 is 0 Å². The lowest BCUT2D eigenvalue weighted by Crippen LogP contribution is -2.36. The molecule has 0 saturated carbocycles. The molecule has 0 bridgehead atoms. The van der Waals surface area contributed by atoms with Gasteiger partial charge in [0.15, 0.2) is 0 Å². The first kappa shape index (κ1) is 6.99. The second-order valence-corrected chi connectivity index (χ2v) is 2.45. The van der Waals surface area contributed by atoms with Crippen LogP contribution in [0.4, 0.5) is 0 Å². The number of aliphatic hydroxyl groups excluding tert-OH is 1. The lowest BCUT2D eigenvalue weighted by molar-refractivity contribution is 0.0969. The van der Waals surface area contributed by atoms with Crippen molar-refractivity contribution in [2.24, 2.45) is 5.73 Å². The zero-order chi connectivity index (χ0) is 6.69. The molecule has 0 spiro atoms. The Morgan fingerprint density at radius 2 is 2.33 bits per heavy atom. The van der Waals surface area contributed by atoms with Crippen molar-refractivity contribution < 1.29 is 9.84 Å². The van der Waals surface area contributed by atoms with Gasteiger partial charge in [0, 0.05) is 6.61 Å². The third-order valence-corrected chi connectivity index (χ3v) is 1.59. The van der Waals surface area contributed by atoms with E-state index in [4.69, 9.17) is 15.6 Å². The number of aliphatic hydroxyl groups is 1. The normalized spacial score (nSPS) is 38.0. The Morgan fingerprint density at radius 1 is 1.56 bits per heavy atom. The summed E-state index contributed by atoms with van der Waals surface area (Å²) in [7, 11) is 0. The van der Waals surface area contributed by atoms with Crippen molar-refractivity contribution in [3.05, 3.63) is 0 Å². The molecule has 1 fully saturated rings. The van der Waals surface area contributed by atoms with E-state index in [-0.39, 0.29) is 12.1 Å². The molecule has 0 amide bonds. The molecule has 1 heterocycles. The molecular weight excluding hydrogens is 118 g/mol. The van der Waals surface area contributed by atoms with Crippen molar-refractivity contribution in [2.45, 2.75) is 25.0 Å². The Labute approximate surface area is 54.8 Å². The molecule has 0 aromatic heterocycles. The monoisotopic (exact) mass is 131 g/mol. The number of rotatable bonds is 0. The standard InChI is InChI=1S/C6H13NO2/c7-5-4-9-3-1-2-6(5)8/h5-6,8H,1-4,7H2. The molecule has 1 rings (SSSR count). The molecule has 3 nitrogen and oxygen atoms in total.